The van der Waals surface area contributed by atoms with Crippen LogP contribution < -0.4 is 0 Å². The lowest BCUT2D eigenvalue weighted by Crippen LogP contribution is -2.21. The molecule has 0 saturated carbocycles. The Balaban J connectivity index is 2.31. The maximum Gasteiger partial charge on any atom is 0.455 e. The fourth-order valence-corrected chi connectivity index (χ4v) is 2.34. The molecular formula is C12H6F4OS. The van der Waals surface area contributed by atoms with Gasteiger partial charge in [0, 0.05) is 4.88 Å². The largest absolute Gasteiger partial charge is 0.455 e. The van der Waals surface area contributed by atoms with Gasteiger partial charge in [0.05, 0.1) is 4.88 Å². The van der Waals surface area contributed by atoms with E-state index in [1.807, 2.05) is 0 Å². The van der Waals surface area contributed by atoms with Crippen LogP contribution in [-0.4, -0.2) is 12.0 Å². The summed E-state index contributed by atoms with van der Waals surface area (Å²) in [6, 6.07) is 7.85. The number of Topliss-reactive ketones (excluding diaryl/α,β-unsaturated/α-hetero) is 1. The summed E-state index contributed by atoms with van der Waals surface area (Å²) in [6.07, 6.45) is -4.87. The number of alkyl halides is 3. The van der Waals surface area contributed by atoms with Crippen LogP contribution in [-0.2, 0) is 0 Å². The van der Waals surface area contributed by atoms with Crippen LogP contribution in [0, 0.1) is 5.82 Å². The summed E-state index contributed by atoms with van der Waals surface area (Å²) in [4.78, 5) is 11.1. The van der Waals surface area contributed by atoms with E-state index in [0.717, 1.165) is 17.4 Å². The van der Waals surface area contributed by atoms with Gasteiger partial charge in [0.1, 0.15) is 5.82 Å². The molecule has 0 amide bonds. The van der Waals surface area contributed by atoms with Crippen molar-refractivity contribution in [2.75, 3.05) is 0 Å². The summed E-state index contributed by atoms with van der Waals surface area (Å²) in [6.45, 7) is 0. The van der Waals surface area contributed by atoms with Gasteiger partial charge in [-0.05, 0) is 29.8 Å². The summed E-state index contributed by atoms with van der Waals surface area (Å²) >= 11 is 0.735. The third-order valence-electron chi connectivity index (χ3n) is 2.22. The number of hydrogen-bond donors (Lipinski definition) is 0. The molecule has 94 valence electrons. The number of thiophene rings is 1. The quantitative estimate of drug-likeness (QED) is 0.589. The molecule has 0 unspecified atom stereocenters. The number of ketones is 1. The van der Waals surface area contributed by atoms with E-state index in [4.69, 9.17) is 0 Å². The molecule has 0 N–H and O–H groups in total. The number of hydrogen-bond acceptors (Lipinski definition) is 2. The van der Waals surface area contributed by atoms with Crippen LogP contribution in [0.3, 0.4) is 0 Å². The lowest BCUT2D eigenvalue weighted by molar-refractivity contribution is -0.0882. The predicted octanol–water partition coefficient (Wildman–Crippen LogP) is 4.30. The van der Waals surface area contributed by atoms with Crippen LogP contribution >= 0.6 is 11.3 Å². The number of rotatable bonds is 2. The molecule has 2 aromatic rings. The molecule has 0 spiro atoms. The first-order chi connectivity index (χ1) is 8.38. The Morgan fingerprint density at radius 3 is 2.17 bits per heavy atom. The minimum Gasteiger partial charge on any atom is -0.283 e. The molecule has 0 bridgehead atoms. The van der Waals surface area contributed by atoms with Gasteiger partial charge in [0.2, 0.25) is 0 Å². The van der Waals surface area contributed by atoms with Crippen LogP contribution in [0.4, 0.5) is 17.6 Å². The van der Waals surface area contributed by atoms with E-state index < -0.39 is 17.8 Å². The van der Waals surface area contributed by atoms with Crippen molar-refractivity contribution in [2.24, 2.45) is 0 Å². The van der Waals surface area contributed by atoms with E-state index >= 15 is 0 Å². The van der Waals surface area contributed by atoms with Crippen molar-refractivity contribution >= 4 is 17.1 Å². The van der Waals surface area contributed by atoms with Crippen molar-refractivity contribution in [3.8, 4) is 10.4 Å². The Labute approximate surface area is 104 Å². The second-order valence-corrected chi connectivity index (χ2v) is 4.58. The summed E-state index contributed by atoms with van der Waals surface area (Å²) in [5, 5.41) is 0. The second-order valence-electron chi connectivity index (χ2n) is 3.50. The summed E-state index contributed by atoms with van der Waals surface area (Å²) in [7, 11) is 0. The molecule has 0 aliphatic carbocycles. The molecular weight excluding hydrogens is 268 g/mol. The molecule has 1 nitrogen and oxygen atoms in total. The van der Waals surface area contributed by atoms with Crippen LogP contribution in [0.25, 0.3) is 10.4 Å². The van der Waals surface area contributed by atoms with Gasteiger partial charge < -0.3 is 0 Å². The van der Waals surface area contributed by atoms with Crippen LogP contribution in [0.1, 0.15) is 9.67 Å². The molecule has 1 heterocycles. The minimum atomic E-state index is -4.87. The minimum absolute atomic E-state index is 0.373. The van der Waals surface area contributed by atoms with E-state index in [0.29, 0.717) is 10.4 Å². The van der Waals surface area contributed by atoms with Gasteiger partial charge in [0.25, 0.3) is 5.78 Å². The topological polar surface area (TPSA) is 17.1 Å². The van der Waals surface area contributed by atoms with Gasteiger partial charge >= 0.3 is 6.18 Å². The van der Waals surface area contributed by atoms with Gasteiger partial charge in [-0.3, -0.25) is 4.79 Å². The number of carbonyl (C=O) groups excluding carboxylic acids is 1. The monoisotopic (exact) mass is 274 g/mol. The molecule has 6 heteroatoms. The van der Waals surface area contributed by atoms with Gasteiger partial charge in [-0.2, -0.15) is 13.2 Å². The summed E-state index contributed by atoms with van der Waals surface area (Å²) < 4.78 is 49.3. The molecule has 0 saturated heterocycles. The van der Waals surface area contributed by atoms with Crippen LogP contribution in [0.5, 0.6) is 0 Å². The van der Waals surface area contributed by atoms with Gasteiger partial charge in [-0.25, -0.2) is 4.39 Å². The van der Waals surface area contributed by atoms with Crippen molar-refractivity contribution in [3.63, 3.8) is 0 Å². The molecule has 1 aromatic carbocycles. The van der Waals surface area contributed by atoms with Gasteiger partial charge in [0.15, 0.2) is 0 Å². The van der Waals surface area contributed by atoms with E-state index in [1.54, 1.807) is 0 Å². The number of halogens is 4. The predicted molar refractivity (Wildman–Crippen MR) is 60.1 cm³/mol. The maximum absolute atomic E-state index is 12.7. The van der Waals surface area contributed by atoms with Crippen LogP contribution in [0.15, 0.2) is 36.4 Å². The summed E-state index contributed by atoms with van der Waals surface area (Å²) in [5.74, 6) is -2.29. The first-order valence-electron chi connectivity index (χ1n) is 4.85. The lowest BCUT2D eigenvalue weighted by atomic mass is 10.2. The highest BCUT2D eigenvalue weighted by Crippen LogP contribution is 2.32. The molecule has 0 radical (unpaired) electrons. The Bertz CT molecular complexity index is 569. The van der Waals surface area contributed by atoms with E-state index in [-0.39, 0.29) is 4.88 Å². The van der Waals surface area contributed by atoms with Crippen molar-refractivity contribution in [2.45, 2.75) is 6.18 Å². The molecule has 0 atom stereocenters. The second kappa shape index (κ2) is 4.53. The molecule has 2 rings (SSSR count). The highest BCUT2D eigenvalue weighted by Gasteiger charge is 2.40. The zero-order valence-electron chi connectivity index (χ0n) is 8.79. The number of benzene rings is 1. The summed E-state index contributed by atoms with van der Waals surface area (Å²) in [5.41, 5.74) is 0.572. The Kier molecular flexibility index (Phi) is 3.21. The van der Waals surface area contributed by atoms with Crippen molar-refractivity contribution in [1.29, 1.82) is 0 Å². The van der Waals surface area contributed by atoms with Crippen molar-refractivity contribution in [1.82, 2.24) is 0 Å². The smallest absolute Gasteiger partial charge is 0.283 e. The zero-order valence-corrected chi connectivity index (χ0v) is 9.61. The Morgan fingerprint density at radius 1 is 1.00 bits per heavy atom. The zero-order chi connectivity index (χ0) is 13.3. The van der Waals surface area contributed by atoms with Gasteiger partial charge in [-0.15, -0.1) is 11.3 Å². The Hall–Kier alpha value is -1.69. The fourth-order valence-electron chi connectivity index (χ4n) is 1.37. The van der Waals surface area contributed by atoms with Gasteiger partial charge in [-0.1, -0.05) is 12.1 Å². The number of carbonyl (C=O) groups is 1. The van der Waals surface area contributed by atoms with Crippen molar-refractivity contribution < 1.29 is 22.4 Å². The Morgan fingerprint density at radius 2 is 1.61 bits per heavy atom. The SMILES string of the molecule is O=C(c1ccc(-c2ccc(F)cc2)s1)C(F)(F)F. The van der Waals surface area contributed by atoms with Crippen LogP contribution in [0.2, 0.25) is 0 Å². The lowest BCUT2D eigenvalue weighted by Gasteiger charge is -2.01. The molecule has 1 aromatic heterocycles. The first kappa shape index (κ1) is 12.8. The standard InChI is InChI=1S/C12H6F4OS/c13-8-3-1-7(2-4-8)9-5-6-10(18-9)11(17)12(14,15)16/h1-6H. The normalized spacial score (nSPS) is 11.6. The highest BCUT2D eigenvalue weighted by molar-refractivity contribution is 7.17. The third-order valence-corrected chi connectivity index (χ3v) is 3.35. The first-order valence-corrected chi connectivity index (χ1v) is 5.67. The molecule has 18 heavy (non-hydrogen) atoms. The van der Waals surface area contributed by atoms with E-state index in [2.05, 4.69) is 0 Å². The highest BCUT2D eigenvalue weighted by atomic mass is 32.1. The fraction of sp³-hybridized carbons (Fsp3) is 0.0833. The average molecular weight is 274 g/mol. The third kappa shape index (κ3) is 2.59. The van der Waals surface area contributed by atoms with E-state index in [9.17, 15) is 22.4 Å². The maximum atomic E-state index is 12.7. The molecule has 0 fully saturated rings. The van der Waals surface area contributed by atoms with Crippen molar-refractivity contribution in [3.05, 3.63) is 47.1 Å². The average Bonchev–Trinajstić information content (AvgIpc) is 2.77. The molecule has 0 aliphatic heterocycles. The van der Waals surface area contributed by atoms with E-state index in [1.165, 1.54) is 30.3 Å². The molecule has 0 aliphatic rings.